The van der Waals surface area contributed by atoms with E-state index in [-0.39, 0.29) is 11.3 Å². The van der Waals surface area contributed by atoms with Crippen LogP contribution >= 0.6 is 0 Å². The minimum Gasteiger partial charge on any atom is -0.376 e. The van der Waals surface area contributed by atoms with Gasteiger partial charge in [0.1, 0.15) is 12.0 Å². The van der Waals surface area contributed by atoms with Crippen molar-refractivity contribution in [2.24, 2.45) is 4.99 Å². The highest BCUT2D eigenvalue weighted by molar-refractivity contribution is 6.17. The molecule has 3 aromatic heterocycles. The molecule has 0 radical (unpaired) electrons. The Kier molecular flexibility index (Phi) is 5.47. The van der Waals surface area contributed by atoms with Crippen LogP contribution in [0.25, 0.3) is 11.0 Å². The number of aromatic nitrogens is 4. The number of aliphatic imine (C=N–C) groups is 1. The van der Waals surface area contributed by atoms with E-state index in [1.807, 2.05) is 71.4 Å². The summed E-state index contributed by atoms with van der Waals surface area (Å²) >= 11 is 0. The Balaban J connectivity index is 1.42. The fourth-order valence-electron chi connectivity index (χ4n) is 4.48. The molecular weight excluding hydrogens is 450 g/mol. The molecule has 5 aromatic rings. The van der Waals surface area contributed by atoms with Crippen molar-refractivity contribution in [3.05, 3.63) is 120 Å². The summed E-state index contributed by atoms with van der Waals surface area (Å²) in [6.45, 7) is 3.24. The van der Waals surface area contributed by atoms with Gasteiger partial charge >= 0.3 is 0 Å². The lowest BCUT2D eigenvalue weighted by molar-refractivity contribution is -0.0877. The van der Waals surface area contributed by atoms with Crippen molar-refractivity contribution in [1.82, 2.24) is 19.5 Å². The van der Waals surface area contributed by atoms with E-state index in [2.05, 4.69) is 21.9 Å². The van der Waals surface area contributed by atoms with Crippen LogP contribution < -0.4 is 0 Å². The van der Waals surface area contributed by atoms with Crippen LogP contribution in [0.3, 0.4) is 0 Å². The van der Waals surface area contributed by atoms with Crippen molar-refractivity contribution in [2.75, 3.05) is 13.2 Å². The van der Waals surface area contributed by atoms with Crippen molar-refractivity contribution in [2.45, 2.75) is 12.5 Å². The maximum absolute atomic E-state index is 13.7. The average molecular weight is 474 g/mol. The van der Waals surface area contributed by atoms with Gasteiger partial charge in [0.15, 0.2) is 5.78 Å². The molecule has 0 aliphatic carbocycles. The second-order valence-corrected chi connectivity index (χ2v) is 9.12. The highest BCUT2D eigenvalue weighted by Gasteiger charge is 2.37. The van der Waals surface area contributed by atoms with Gasteiger partial charge in [-0.1, -0.05) is 60.7 Å². The van der Waals surface area contributed by atoms with E-state index in [1.165, 1.54) is 6.33 Å². The molecular formula is C29H23N5O2. The Morgan fingerprint density at radius 3 is 2.25 bits per heavy atom. The number of hydrogen-bond donors (Lipinski definition) is 0. The van der Waals surface area contributed by atoms with E-state index in [4.69, 9.17) is 9.73 Å². The van der Waals surface area contributed by atoms with Crippen LogP contribution in [-0.2, 0) is 10.3 Å². The molecule has 0 unspecified atom stereocenters. The SMILES string of the molecule is CC1(n2cc(C(=O)c3cncc(N=C(c4ccccc4)c4ccccc4)c3)c3cncnc32)COC1. The third kappa shape index (κ3) is 3.89. The molecule has 176 valence electrons. The van der Waals surface area contributed by atoms with Gasteiger partial charge in [-0.3, -0.25) is 9.78 Å². The smallest absolute Gasteiger partial charge is 0.196 e. The van der Waals surface area contributed by atoms with E-state index >= 15 is 0 Å². The van der Waals surface area contributed by atoms with Gasteiger partial charge in [-0.15, -0.1) is 0 Å². The molecule has 1 saturated heterocycles. The molecule has 36 heavy (non-hydrogen) atoms. The second kappa shape index (κ2) is 8.94. The summed E-state index contributed by atoms with van der Waals surface area (Å²) in [4.78, 5) is 31.6. The molecule has 7 nitrogen and oxygen atoms in total. The fraction of sp³-hybridized carbons (Fsp3) is 0.138. The van der Waals surface area contributed by atoms with Crippen LogP contribution in [0.2, 0.25) is 0 Å². The van der Waals surface area contributed by atoms with Crippen LogP contribution in [0.15, 0.2) is 103 Å². The molecule has 1 fully saturated rings. The van der Waals surface area contributed by atoms with Crippen LogP contribution in [-0.4, -0.2) is 44.2 Å². The number of ether oxygens (including phenoxy) is 1. The first kappa shape index (κ1) is 22.0. The lowest BCUT2D eigenvalue weighted by Crippen LogP contribution is -2.48. The maximum Gasteiger partial charge on any atom is 0.196 e. The number of rotatable bonds is 6. The number of pyridine rings is 1. The second-order valence-electron chi connectivity index (χ2n) is 9.12. The summed E-state index contributed by atoms with van der Waals surface area (Å²) in [7, 11) is 0. The van der Waals surface area contributed by atoms with E-state index in [0.29, 0.717) is 35.4 Å². The third-order valence-corrected chi connectivity index (χ3v) is 6.44. The summed E-state index contributed by atoms with van der Waals surface area (Å²) in [5, 5.41) is 0.707. The first-order valence-electron chi connectivity index (χ1n) is 11.7. The van der Waals surface area contributed by atoms with E-state index in [0.717, 1.165) is 22.5 Å². The highest BCUT2D eigenvalue weighted by atomic mass is 16.5. The number of nitrogens with zero attached hydrogens (tertiary/aromatic N) is 5. The standard InChI is InChI=1S/C29H23N5O2/c1-29(17-36-18-29)34-16-25(24-15-31-19-32-28(24)34)27(35)22-12-23(14-30-13-22)33-26(20-8-4-2-5-9-20)21-10-6-3-7-11-21/h2-16,19H,17-18H2,1H3. The summed E-state index contributed by atoms with van der Waals surface area (Å²) in [5.41, 5.74) is 4.84. The van der Waals surface area contributed by atoms with Gasteiger partial charge in [-0.2, -0.15) is 0 Å². The van der Waals surface area contributed by atoms with Crippen LogP contribution in [0.1, 0.15) is 34.0 Å². The Hall–Kier alpha value is -4.49. The topological polar surface area (TPSA) is 82.3 Å². The summed E-state index contributed by atoms with van der Waals surface area (Å²) in [6.07, 6.45) is 8.29. The van der Waals surface area contributed by atoms with Gasteiger partial charge < -0.3 is 9.30 Å². The van der Waals surface area contributed by atoms with Crippen LogP contribution in [0.4, 0.5) is 5.69 Å². The monoisotopic (exact) mass is 473 g/mol. The lowest BCUT2D eigenvalue weighted by Gasteiger charge is -2.39. The van der Waals surface area contributed by atoms with E-state index in [1.54, 1.807) is 24.7 Å². The number of hydrogen-bond acceptors (Lipinski definition) is 6. The Bertz CT molecular complexity index is 1550. The van der Waals surface area contributed by atoms with Crippen LogP contribution in [0.5, 0.6) is 0 Å². The lowest BCUT2D eigenvalue weighted by atomic mass is 10.0. The van der Waals surface area contributed by atoms with Gasteiger partial charge in [-0.25, -0.2) is 15.0 Å². The molecule has 0 N–H and O–H groups in total. The van der Waals surface area contributed by atoms with Crippen molar-refractivity contribution >= 4 is 28.2 Å². The Morgan fingerprint density at radius 2 is 1.61 bits per heavy atom. The molecule has 0 amide bonds. The van der Waals surface area contributed by atoms with Crippen molar-refractivity contribution in [3.63, 3.8) is 0 Å². The molecule has 7 heteroatoms. The summed E-state index contributed by atoms with van der Waals surface area (Å²) in [6, 6.07) is 21.8. The zero-order chi connectivity index (χ0) is 24.5. The number of carbonyl (C=O) groups excluding carboxylic acids is 1. The number of ketones is 1. The highest BCUT2D eigenvalue weighted by Crippen LogP contribution is 2.32. The van der Waals surface area contributed by atoms with Crippen molar-refractivity contribution in [3.8, 4) is 0 Å². The molecule has 1 aliphatic rings. The Labute approximate surface area is 208 Å². The van der Waals surface area contributed by atoms with Gasteiger partial charge in [0, 0.05) is 40.7 Å². The van der Waals surface area contributed by atoms with E-state index in [9.17, 15) is 4.79 Å². The number of carbonyl (C=O) groups is 1. The molecule has 0 saturated carbocycles. The molecule has 0 bridgehead atoms. The predicted molar refractivity (Wildman–Crippen MR) is 138 cm³/mol. The zero-order valence-electron chi connectivity index (χ0n) is 19.7. The fourth-order valence-corrected chi connectivity index (χ4v) is 4.48. The Morgan fingerprint density at radius 1 is 0.917 bits per heavy atom. The summed E-state index contributed by atoms with van der Waals surface area (Å²) in [5.74, 6) is -0.150. The maximum atomic E-state index is 13.7. The quantitative estimate of drug-likeness (QED) is 0.257. The summed E-state index contributed by atoms with van der Waals surface area (Å²) < 4.78 is 7.47. The molecule has 6 rings (SSSR count). The number of benzene rings is 2. The average Bonchev–Trinajstić information content (AvgIpc) is 3.31. The molecule has 0 spiro atoms. The normalized spacial score (nSPS) is 14.2. The minimum absolute atomic E-state index is 0.150. The van der Waals surface area contributed by atoms with Crippen molar-refractivity contribution in [1.29, 1.82) is 0 Å². The third-order valence-electron chi connectivity index (χ3n) is 6.44. The van der Waals surface area contributed by atoms with Gasteiger partial charge in [0.25, 0.3) is 0 Å². The zero-order valence-corrected chi connectivity index (χ0v) is 19.7. The molecule has 2 aromatic carbocycles. The van der Waals surface area contributed by atoms with Gasteiger partial charge in [0.2, 0.25) is 0 Å². The van der Waals surface area contributed by atoms with Gasteiger partial charge in [0.05, 0.1) is 41.9 Å². The first-order chi connectivity index (χ1) is 17.6. The van der Waals surface area contributed by atoms with Crippen LogP contribution in [0, 0.1) is 0 Å². The molecule has 4 heterocycles. The predicted octanol–water partition coefficient (Wildman–Crippen LogP) is 4.97. The molecule has 1 aliphatic heterocycles. The van der Waals surface area contributed by atoms with Crippen molar-refractivity contribution < 1.29 is 9.53 Å². The first-order valence-corrected chi connectivity index (χ1v) is 11.7. The van der Waals surface area contributed by atoms with Gasteiger partial charge in [-0.05, 0) is 13.0 Å². The number of fused-ring (bicyclic) bond motifs is 1. The van der Waals surface area contributed by atoms with E-state index < -0.39 is 0 Å². The molecule has 0 atom stereocenters. The largest absolute Gasteiger partial charge is 0.376 e. The minimum atomic E-state index is -0.240.